The molecule has 0 unspecified atom stereocenters. The van der Waals surface area contributed by atoms with E-state index in [4.69, 9.17) is 0 Å². The van der Waals surface area contributed by atoms with E-state index in [9.17, 15) is 0 Å². The SMILES string of the molecule is C/C=C\c1c(C)cn(C)c1/N=C\C.CC.CC. The van der Waals surface area contributed by atoms with Gasteiger partial charge in [-0.1, -0.05) is 39.8 Å². The van der Waals surface area contributed by atoms with E-state index in [-0.39, 0.29) is 0 Å². The molecule has 0 bridgehead atoms. The first-order chi connectivity index (χ1) is 8.20. The Balaban J connectivity index is 0. The molecule has 0 fully saturated rings. The van der Waals surface area contributed by atoms with Gasteiger partial charge in [0, 0.05) is 25.0 Å². The van der Waals surface area contributed by atoms with Crippen molar-refractivity contribution in [3.8, 4) is 0 Å². The van der Waals surface area contributed by atoms with Crippen LogP contribution in [0.25, 0.3) is 6.08 Å². The second kappa shape index (κ2) is 11.2. The largest absolute Gasteiger partial charge is 0.335 e. The average molecular weight is 236 g/mol. The lowest BCUT2D eigenvalue weighted by Gasteiger charge is -1.97. The van der Waals surface area contributed by atoms with E-state index < -0.39 is 0 Å². The molecule has 0 aliphatic heterocycles. The van der Waals surface area contributed by atoms with Crippen LogP contribution in [0.4, 0.5) is 5.82 Å². The van der Waals surface area contributed by atoms with Gasteiger partial charge >= 0.3 is 0 Å². The van der Waals surface area contributed by atoms with Gasteiger partial charge in [-0.05, 0) is 26.3 Å². The molecule has 1 heterocycles. The molecule has 0 N–H and O–H groups in total. The molecule has 0 aliphatic rings. The van der Waals surface area contributed by atoms with Gasteiger partial charge in [-0.15, -0.1) is 0 Å². The molecule has 0 atom stereocenters. The highest BCUT2D eigenvalue weighted by Gasteiger charge is 2.05. The molecule has 0 aliphatic carbocycles. The normalized spacial score (nSPS) is 9.88. The first kappa shape index (κ1) is 18.1. The summed E-state index contributed by atoms with van der Waals surface area (Å²) < 4.78 is 2.05. The smallest absolute Gasteiger partial charge is 0.139 e. The summed E-state index contributed by atoms with van der Waals surface area (Å²) in [7, 11) is 2.02. The highest BCUT2D eigenvalue weighted by atomic mass is 15.0. The highest BCUT2D eigenvalue weighted by Crippen LogP contribution is 2.25. The Labute approximate surface area is 107 Å². The molecule has 1 aromatic rings. The Morgan fingerprint density at radius 2 is 1.65 bits per heavy atom. The predicted molar refractivity (Wildman–Crippen MR) is 81.4 cm³/mol. The first-order valence-corrected chi connectivity index (χ1v) is 6.48. The van der Waals surface area contributed by atoms with E-state index in [1.54, 1.807) is 0 Å². The molecule has 0 spiro atoms. The molecular formula is C15H28N2. The number of rotatable bonds is 2. The van der Waals surface area contributed by atoms with E-state index in [2.05, 4.69) is 24.2 Å². The fourth-order valence-electron chi connectivity index (χ4n) is 1.44. The van der Waals surface area contributed by atoms with Crippen LogP contribution >= 0.6 is 0 Å². The molecule has 0 radical (unpaired) electrons. The lowest BCUT2D eigenvalue weighted by molar-refractivity contribution is 0.923. The van der Waals surface area contributed by atoms with Gasteiger partial charge in [0.25, 0.3) is 0 Å². The summed E-state index contributed by atoms with van der Waals surface area (Å²) in [6, 6.07) is 0. The van der Waals surface area contributed by atoms with Crippen molar-refractivity contribution in [2.24, 2.45) is 12.0 Å². The maximum absolute atomic E-state index is 4.33. The van der Waals surface area contributed by atoms with Gasteiger partial charge < -0.3 is 4.57 Å². The second-order valence-corrected chi connectivity index (χ2v) is 3.05. The zero-order valence-electron chi connectivity index (χ0n) is 12.7. The summed E-state index contributed by atoms with van der Waals surface area (Å²) in [6.45, 7) is 14.1. The Morgan fingerprint density at radius 1 is 1.12 bits per heavy atom. The van der Waals surface area contributed by atoms with Crippen LogP contribution in [0, 0.1) is 6.92 Å². The zero-order valence-corrected chi connectivity index (χ0v) is 12.7. The lowest BCUT2D eigenvalue weighted by Crippen LogP contribution is -1.83. The van der Waals surface area contributed by atoms with E-state index in [1.165, 1.54) is 11.1 Å². The Bertz CT molecular complexity index is 312. The fourth-order valence-corrected chi connectivity index (χ4v) is 1.44. The van der Waals surface area contributed by atoms with E-state index in [1.807, 2.05) is 65.4 Å². The molecule has 0 saturated carbocycles. The summed E-state index contributed by atoms with van der Waals surface area (Å²) in [4.78, 5) is 4.33. The standard InChI is InChI=1S/C11H16N2.2C2H6/c1-5-7-10-9(3)8-13(4)11(10)12-6-2;2*1-2/h5-8H,1-4H3;2*1-2H3/b7-5-,12-6-;;. The number of nitrogens with zero attached hydrogens (tertiary/aromatic N) is 2. The van der Waals surface area contributed by atoms with Crippen LogP contribution in [0.5, 0.6) is 0 Å². The summed E-state index contributed by atoms with van der Waals surface area (Å²) in [5, 5.41) is 0. The summed E-state index contributed by atoms with van der Waals surface area (Å²) in [6.07, 6.45) is 8.05. The van der Waals surface area contributed by atoms with Gasteiger partial charge in [-0.2, -0.15) is 0 Å². The Morgan fingerprint density at radius 3 is 2.06 bits per heavy atom. The number of allylic oxidation sites excluding steroid dienone is 1. The number of hydrogen-bond donors (Lipinski definition) is 0. The van der Waals surface area contributed by atoms with E-state index in [0.717, 1.165) is 5.82 Å². The van der Waals surface area contributed by atoms with Gasteiger partial charge in [-0.25, -0.2) is 4.99 Å². The van der Waals surface area contributed by atoms with E-state index >= 15 is 0 Å². The molecule has 2 nitrogen and oxygen atoms in total. The van der Waals surface area contributed by atoms with Crippen LogP contribution in [0.2, 0.25) is 0 Å². The van der Waals surface area contributed by atoms with E-state index in [0.29, 0.717) is 0 Å². The molecule has 0 aromatic carbocycles. The first-order valence-electron chi connectivity index (χ1n) is 6.48. The lowest BCUT2D eigenvalue weighted by atomic mass is 10.2. The van der Waals surface area contributed by atoms with Crippen molar-refractivity contribution >= 4 is 18.1 Å². The average Bonchev–Trinajstić information content (AvgIpc) is 2.62. The topological polar surface area (TPSA) is 17.3 Å². The van der Waals surface area contributed by atoms with Gasteiger partial charge in [-0.3, -0.25) is 0 Å². The molecule has 98 valence electrons. The Kier molecular flexibility index (Phi) is 11.9. The molecule has 0 amide bonds. The predicted octanol–water partition coefficient (Wildman–Crippen LogP) is 5.14. The third kappa shape index (κ3) is 5.53. The number of hydrogen-bond acceptors (Lipinski definition) is 1. The molecule has 1 rings (SSSR count). The van der Waals surface area contributed by atoms with Gasteiger partial charge in [0.2, 0.25) is 0 Å². The Hall–Kier alpha value is -1.31. The summed E-state index contributed by atoms with van der Waals surface area (Å²) in [5.41, 5.74) is 2.48. The van der Waals surface area contributed by atoms with Crippen molar-refractivity contribution in [2.75, 3.05) is 0 Å². The van der Waals surface area contributed by atoms with Crippen LogP contribution in [0.1, 0.15) is 52.7 Å². The maximum Gasteiger partial charge on any atom is 0.139 e. The molecular weight excluding hydrogens is 208 g/mol. The van der Waals surface area contributed by atoms with Crippen LogP contribution in [0.3, 0.4) is 0 Å². The van der Waals surface area contributed by atoms with Gasteiger partial charge in [0.1, 0.15) is 5.82 Å². The van der Waals surface area contributed by atoms with Crippen LogP contribution < -0.4 is 0 Å². The van der Waals surface area contributed by atoms with Crippen molar-refractivity contribution < 1.29 is 0 Å². The zero-order chi connectivity index (χ0) is 13.8. The van der Waals surface area contributed by atoms with Crippen molar-refractivity contribution in [2.45, 2.75) is 48.5 Å². The quantitative estimate of drug-likeness (QED) is 0.632. The molecule has 17 heavy (non-hydrogen) atoms. The molecule has 1 aromatic heterocycles. The van der Waals surface area contributed by atoms with Crippen LogP contribution in [-0.2, 0) is 7.05 Å². The van der Waals surface area contributed by atoms with Crippen LogP contribution in [0.15, 0.2) is 17.3 Å². The fraction of sp³-hybridized carbons (Fsp3) is 0.533. The molecule has 2 heteroatoms. The number of aryl methyl sites for hydroxylation is 2. The van der Waals surface area contributed by atoms with Gasteiger partial charge in [0.15, 0.2) is 0 Å². The van der Waals surface area contributed by atoms with Crippen molar-refractivity contribution in [3.05, 3.63) is 23.4 Å². The highest BCUT2D eigenvalue weighted by molar-refractivity contribution is 5.70. The van der Waals surface area contributed by atoms with Crippen LogP contribution in [-0.4, -0.2) is 10.8 Å². The monoisotopic (exact) mass is 236 g/mol. The minimum Gasteiger partial charge on any atom is -0.335 e. The minimum atomic E-state index is 1.03. The summed E-state index contributed by atoms with van der Waals surface area (Å²) in [5.74, 6) is 1.03. The third-order valence-corrected chi connectivity index (χ3v) is 1.97. The second-order valence-electron chi connectivity index (χ2n) is 3.05. The number of aromatic nitrogens is 1. The van der Waals surface area contributed by atoms with Crippen molar-refractivity contribution in [1.29, 1.82) is 0 Å². The molecule has 0 saturated heterocycles. The van der Waals surface area contributed by atoms with Crippen molar-refractivity contribution in [1.82, 2.24) is 4.57 Å². The maximum atomic E-state index is 4.33. The minimum absolute atomic E-state index is 1.03. The van der Waals surface area contributed by atoms with Crippen molar-refractivity contribution in [3.63, 3.8) is 0 Å². The number of aliphatic imine (C=N–C) groups is 1. The van der Waals surface area contributed by atoms with Gasteiger partial charge in [0.05, 0.1) is 0 Å². The third-order valence-electron chi connectivity index (χ3n) is 1.97. The summed E-state index contributed by atoms with van der Waals surface area (Å²) >= 11 is 0.